The molecule has 7 rings (SSSR count). The number of carbonyl (C=O) groups is 1. The first-order valence-corrected chi connectivity index (χ1v) is 14.3. The maximum absolute atomic E-state index is 14.7. The molecule has 0 unspecified atom stereocenters. The standard InChI is InChI=1S/C33H31FN8O/c1-42(2)9-8-36-24-11-20(10-23(34)14-24)26-4-3-5-29-27(26)15-30(39-29)31-28-13-22(17-37-32(28)41-40-31)21-12-25(18-35-16-21)38-33(43)19-6-7-19/h3-5,10-19,36,39H,6-9H2,1-2H3,(H,38,43)(H,37,40,41). The molecule has 43 heavy (non-hydrogen) atoms. The number of anilines is 2. The third-order valence-corrected chi connectivity index (χ3v) is 7.73. The number of carbonyl (C=O) groups excluding carboxylic acids is 1. The van der Waals surface area contributed by atoms with Crippen molar-refractivity contribution in [2.24, 2.45) is 5.92 Å². The molecule has 0 saturated heterocycles. The molecule has 1 fully saturated rings. The second kappa shape index (κ2) is 11.0. The van der Waals surface area contributed by atoms with Gasteiger partial charge in [-0.15, -0.1) is 0 Å². The molecule has 6 aromatic rings. The van der Waals surface area contributed by atoms with Gasteiger partial charge in [0.15, 0.2) is 5.65 Å². The van der Waals surface area contributed by atoms with E-state index in [1.54, 1.807) is 24.7 Å². The van der Waals surface area contributed by atoms with Crippen LogP contribution in [0, 0.1) is 11.7 Å². The number of nitrogens with one attached hydrogen (secondary N) is 4. The average molecular weight is 575 g/mol. The highest BCUT2D eigenvalue weighted by molar-refractivity contribution is 6.01. The first kappa shape index (κ1) is 26.8. The van der Waals surface area contributed by atoms with E-state index in [0.717, 1.165) is 75.0 Å². The van der Waals surface area contributed by atoms with Crippen LogP contribution in [0.3, 0.4) is 0 Å². The number of fused-ring (bicyclic) bond motifs is 2. The van der Waals surface area contributed by atoms with Gasteiger partial charge in [-0.25, -0.2) is 9.37 Å². The quantitative estimate of drug-likeness (QED) is 0.161. The largest absolute Gasteiger partial charge is 0.384 e. The fraction of sp³-hybridized carbons (Fsp3) is 0.212. The number of pyridine rings is 2. The lowest BCUT2D eigenvalue weighted by atomic mass is 10.0. The molecule has 1 amide bonds. The van der Waals surface area contributed by atoms with Gasteiger partial charge in [-0.1, -0.05) is 12.1 Å². The van der Waals surface area contributed by atoms with Crippen molar-refractivity contribution in [3.8, 4) is 33.6 Å². The highest BCUT2D eigenvalue weighted by Gasteiger charge is 2.29. The van der Waals surface area contributed by atoms with Crippen molar-refractivity contribution in [2.75, 3.05) is 37.8 Å². The van der Waals surface area contributed by atoms with Gasteiger partial charge >= 0.3 is 0 Å². The van der Waals surface area contributed by atoms with Crippen molar-refractivity contribution in [1.29, 1.82) is 0 Å². The molecule has 4 heterocycles. The molecular weight excluding hydrogens is 543 g/mol. The van der Waals surface area contributed by atoms with Gasteiger partial charge in [0.25, 0.3) is 0 Å². The Morgan fingerprint density at radius 3 is 2.65 bits per heavy atom. The summed E-state index contributed by atoms with van der Waals surface area (Å²) >= 11 is 0. The van der Waals surface area contributed by atoms with Gasteiger partial charge in [0.2, 0.25) is 5.91 Å². The third-order valence-electron chi connectivity index (χ3n) is 7.73. The van der Waals surface area contributed by atoms with E-state index in [2.05, 4.69) is 46.7 Å². The smallest absolute Gasteiger partial charge is 0.227 e. The van der Waals surface area contributed by atoms with Gasteiger partial charge in [-0.05, 0) is 80.5 Å². The van der Waals surface area contributed by atoms with E-state index >= 15 is 0 Å². The molecule has 9 nitrogen and oxygen atoms in total. The number of benzene rings is 2. The Kier molecular flexibility index (Phi) is 6.83. The van der Waals surface area contributed by atoms with Gasteiger partial charge in [0.05, 0.1) is 23.3 Å². The monoisotopic (exact) mass is 574 g/mol. The minimum atomic E-state index is -0.290. The number of H-pyrrole nitrogens is 2. The Morgan fingerprint density at radius 2 is 1.81 bits per heavy atom. The minimum absolute atomic E-state index is 0.0397. The van der Waals surface area contributed by atoms with Crippen LogP contribution in [0.5, 0.6) is 0 Å². The minimum Gasteiger partial charge on any atom is -0.384 e. The molecule has 4 N–H and O–H groups in total. The normalized spacial score (nSPS) is 13.2. The predicted octanol–water partition coefficient (Wildman–Crippen LogP) is 6.30. The summed E-state index contributed by atoms with van der Waals surface area (Å²) in [4.78, 5) is 26.8. The number of rotatable bonds is 9. The second-order valence-corrected chi connectivity index (χ2v) is 11.3. The zero-order valence-electron chi connectivity index (χ0n) is 23.9. The van der Waals surface area contributed by atoms with Gasteiger partial charge in [0, 0.05) is 64.5 Å². The van der Waals surface area contributed by atoms with Crippen LogP contribution in [0.4, 0.5) is 15.8 Å². The topological polar surface area (TPSA) is 115 Å². The highest BCUT2D eigenvalue weighted by Crippen LogP contribution is 2.36. The Balaban J connectivity index is 1.23. The summed E-state index contributed by atoms with van der Waals surface area (Å²) in [7, 11) is 4.02. The Labute approximate surface area is 247 Å². The Morgan fingerprint density at radius 1 is 0.977 bits per heavy atom. The van der Waals surface area contributed by atoms with Crippen LogP contribution in [0.25, 0.3) is 55.6 Å². The molecule has 0 radical (unpaired) electrons. The van der Waals surface area contributed by atoms with Crippen LogP contribution in [0.15, 0.2) is 73.2 Å². The molecule has 0 atom stereocenters. The molecule has 10 heteroatoms. The lowest BCUT2D eigenvalue weighted by Crippen LogP contribution is -2.20. The van der Waals surface area contributed by atoms with Crippen molar-refractivity contribution in [3.63, 3.8) is 0 Å². The molecule has 0 spiro atoms. The molecule has 216 valence electrons. The van der Waals surface area contributed by atoms with Crippen molar-refractivity contribution in [3.05, 3.63) is 79.0 Å². The lowest BCUT2D eigenvalue weighted by Gasteiger charge is -2.13. The molecule has 4 aromatic heterocycles. The maximum atomic E-state index is 14.7. The van der Waals surface area contributed by atoms with E-state index in [4.69, 9.17) is 0 Å². The van der Waals surface area contributed by atoms with Gasteiger partial charge in [0.1, 0.15) is 5.82 Å². The van der Waals surface area contributed by atoms with Crippen molar-refractivity contribution in [1.82, 2.24) is 30.0 Å². The summed E-state index contributed by atoms with van der Waals surface area (Å²) < 4.78 is 14.7. The Hall–Kier alpha value is -5.09. The van der Waals surface area contributed by atoms with E-state index < -0.39 is 0 Å². The van der Waals surface area contributed by atoms with Gasteiger partial charge in [-0.3, -0.25) is 14.9 Å². The number of halogens is 1. The summed E-state index contributed by atoms with van der Waals surface area (Å²) in [5.74, 6) is -0.140. The number of hydrogen-bond donors (Lipinski definition) is 4. The van der Waals surface area contributed by atoms with Crippen LogP contribution >= 0.6 is 0 Å². The predicted molar refractivity (Wildman–Crippen MR) is 168 cm³/mol. The lowest BCUT2D eigenvalue weighted by molar-refractivity contribution is -0.117. The summed E-state index contributed by atoms with van der Waals surface area (Å²) in [6, 6.07) is 17.0. The van der Waals surface area contributed by atoms with Crippen LogP contribution < -0.4 is 10.6 Å². The van der Waals surface area contributed by atoms with Crippen molar-refractivity contribution in [2.45, 2.75) is 12.8 Å². The van der Waals surface area contributed by atoms with Crippen LogP contribution in [0.2, 0.25) is 0 Å². The van der Waals surface area contributed by atoms with Crippen LogP contribution in [-0.2, 0) is 4.79 Å². The van der Waals surface area contributed by atoms with E-state index in [1.165, 1.54) is 6.07 Å². The third kappa shape index (κ3) is 5.56. The van der Waals surface area contributed by atoms with E-state index in [1.807, 2.05) is 50.5 Å². The summed E-state index contributed by atoms with van der Waals surface area (Å²) in [5, 5.41) is 15.7. The fourth-order valence-electron chi connectivity index (χ4n) is 5.33. The highest BCUT2D eigenvalue weighted by atomic mass is 19.1. The van der Waals surface area contributed by atoms with Crippen LogP contribution in [0.1, 0.15) is 12.8 Å². The zero-order chi connectivity index (χ0) is 29.5. The van der Waals surface area contributed by atoms with E-state index in [9.17, 15) is 9.18 Å². The molecular formula is C33H31FN8O. The zero-order valence-corrected chi connectivity index (χ0v) is 23.9. The molecule has 1 aliphatic rings. The van der Waals surface area contributed by atoms with Crippen LogP contribution in [-0.4, -0.2) is 63.1 Å². The molecule has 1 aliphatic carbocycles. The molecule has 0 bridgehead atoms. The number of amides is 1. The van der Waals surface area contributed by atoms with E-state index in [0.29, 0.717) is 17.9 Å². The van der Waals surface area contributed by atoms with E-state index in [-0.39, 0.29) is 17.6 Å². The second-order valence-electron chi connectivity index (χ2n) is 11.3. The molecule has 0 aliphatic heterocycles. The maximum Gasteiger partial charge on any atom is 0.227 e. The Bertz CT molecular complexity index is 1970. The number of aromatic nitrogens is 5. The first-order valence-electron chi connectivity index (χ1n) is 14.3. The van der Waals surface area contributed by atoms with Gasteiger partial charge < -0.3 is 20.5 Å². The summed E-state index contributed by atoms with van der Waals surface area (Å²) in [5.41, 5.74) is 7.97. The number of aromatic amines is 2. The van der Waals surface area contributed by atoms with Gasteiger partial charge in [-0.2, -0.15) is 5.10 Å². The molecule has 1 saturated carbocycles. The molecule has 2 aromatic carbocycles. The van der Waals surface area contributed by atoms with Crippen molar-refractivity contribution >= 4 is 39.2 Å². The SMILES string of the molecule is CN(C)CCNc1cc(F)cc(-c2cccc3[nH]c(-c4[nH]nc5ncc(-c6cncc(NC(=O)C7CC7)c6)cc45)cc23)c1. The average Bonchev–Trinajstić information content (AvgIpc) is 3.62. The first-order chi connectivity index (χ1) is 20.9. The summed E-state index contributed by atoms with van der Waals surface area (Å²) in [6.07, 6.45) is 7.05. The number of likely N-dealkylation sites (N-methyl/N-ethyl adjacent to an activating group) is 1. The number of hydrogen-bond acceptors (Lipinski definition) is 6. The number of nitrogens with zero attached hydrogens (tertiary/aromatic N) is 4. The fourth-order valence-corrected chi connectivity index (χ4v) is 5.33. The summed E-state index contributed by atoms with van der Waals surface area (Å²) in [6.45, 7) is 1.56. The van der Waals surface area contributed by atoms with Crippen molar-refractivity contribution < 1.29 is 9.18 Å².